The van der Waals surface area contributed by atoms with Gasteiger partial charge in [0.2, 0.25) is 0 Å². The van der Waals surface area contributed by atoms with E-state index in [1.165, 1.54) is 0 Å². The van der Waals surface area contributed by atoms with Crippen molar-refractivity contribution in [1.29, 1.82) is 0 Å². The summed E-state index contributed by atoms with van der Waals surface area (Å²) >= 11 is 0. The summed E-state index contributed by atoms with van der Waals surface area (Å²) in [6, 6.07) is 0. The second-order valence-electron chi connectivity index (χ2n) is 2.81. The third kappa shape index (κ3) is 5.74. The van der Waals surface area contributed by atoms with E-state index in [1.807, 2.05) is 38.2 Å². The van der Waals surface area contributed by atoms with Crippen LogP contribution in [0.1, 0.15) is 13.8 Å². The van der Waals surface area contributed by atoms with E-state index in [1.54, 1.807) is 6.08 Å². The van der Waals surface area contributed by atoms with Crippen molar-refractivity contribution >= 4 is 0 Å². The van der Waals surface area contributed by atoms with Gasteiger partial charge in [0.05, 0.1) is 0 Å². The second kappa shape index (κ2) is 6.06. The minimum atomic E-state index is 0.542. The predicted molar refractivity (Wildman–Crippen MR) is 60.2 cm³/mol. The average Bonchev–Trinajstić information content (AvgIpc) is 2.10. The highest BCUT2D eigenvalue weighted by atomic mass is 14.5. The topological polar surface area (TPSA) is 26.0 Å². The molecule has 70 valence electrons. The first-order chi connectivity index (χ1) is 6.07. The molecule has 1 heteroatoms. The molecule has 0 bridgehead atoms. The molecule has 0 aliphatic heterocycles. The van der Waals surface area contributed by atoms with Crippen LogP contribution >= 0.6 is 0 Å². The van der Waals surface area contributed by atoms with Crippen molar-refractivity contribution in [2.24, 2.45) is 5.73 Å². The lowest BCUT2D eigenvalue weighted by molar-refractivity contribution is 1.41. The van der Waals surface area contributed by atoms with Crippen LogP contribution in [0, 0.1) is 0 Å². The van der Waals surface area contributed by atoms with Gasteiger partial charge in [-0.1, -0.05) is 37.5 Å². The van der Waals surface area contributed by atoms with E-state index in [0.717, 1.165) is 11.1 Å². The summed E-state index contributed by atoms with van der Waals surface area (Å²) in [7, 11) is 0. The molecule has 0 spiro atoms. The molecule has 0 aromatic rings. The van der Waals surface area contributed by atoms with Crippen molar-refractivity contribution in [3.8, 4) is 0 Å². The molecule has 0 atom stereocenters. The number of hydrogen-bond donors (Lipinski definition) is 1. The maximum Gasteiger partial charge on any atom is 0.0241 e. The number of hydrogen-bond acceptors (Lipinski definition) is 1. The van der Waals surface area contributed by atoms with E-state index in [0.29, 0.717) is 5.70 Å². The molecule has 1 nitrogen and oxygen atoms in total. The van der Waals surface area contributed by atoms with Crippen LogP contribution < -0.4 is 5.73 Å². The van der Waals surface area contributed by atoms with E-state index >= 15 is 0 Å². The Bertz CT molecular complexity index is 277. The first-order valence-electron chi connectivity index (χ1n) is 4.19. The molecular formula is C12H17N. The fourth-order valence-electron chi connectivity index (χ4n) is 0.687. The van der Waals surface area contributed by atoms with Gasteiger partial charge in [-0.25, -0.2) is 0 Å². The Morgan fingerprint density at radius 3 is 2.31 bits per heavy atom. The fourth-order valence-corrected chi connectivity index (χ4v) is 0.687. The lowest BCUT2D eigenvalue weighted by atomic mass is 10.1. The SMILES string of the molecule is C=C(N)/C=C\C(=C)/C(C)=C\C=C/C. The Morgan fingerprint density at radius 2 is 1.85 bits per heavy atom. The molecule has 0 unspecified atom stereocenters. The summed E-state index contributed by atoms with van der Waals surface area (Å²) in [6.07, 6.45) is 9.56. The molecule has 0 aliphatic carbocycles. The summed E-state index contributed by atoms with van der Waals surface area (Å²) in [4.78, 5) is 0. The maximum atomic E-state index is 5.39. The van der Waals surface area contributed by atoms with Crippen LogP contribution in [0.15, 0.2) is 60.4 Å². The van der Waals surface area contributed by atoms with Crippen LogP contribution in [0.4, 0.5) is 0 Å². The molecule has 0 aromatic heterocycles. The van der Waals surface area contributed by atoms with Gasteiger partial charge in [0.15, 0.2) is 0 Å². The molecule has 0 rings (SSSR count). The van der Waals surface area contributed by atoms with Crippen LogP contribution in [-0.2, 0) is 0 Å². The van der Waals surface area contributed by atoms with Crippen LogP contribution in [0.25, 0.3) is 0 Å². The Morgan fingerprint density at radius 1 is 1.23 bits per heavy atom. The van der Waals surface area contributed by atoms with Crippen molar-refractivity contribution < 1.29 is 0 Å². The zero-order valence-corrected chi connectivity index (χ0v) is 8.38. The summed E-state index contributed by atoms with van der Waals surface area (Å²) in [5, 5.41) is 0. The van der Waals surface area contributed by atoms with Gasteiger partial charge < -0.3 is 5.73 Å². The monoisotopic (exact) mass is 175 g/mol. The first kappa shape index (κ1) is 11.5. The molecule has 0 saturated carbocycles. The lowest BCUT2D eigenvalue weighted by Gasteiger charge is -1.97. The van der Waals surface area contributed by atoms with Crippen LogP contribution in [0.5, 0.6) is 0 Å². The highest BCUT2D eigenvalue weighted by Crippen LogP contribution is 2.08. The number of allylic oxidation sites excluding steroid dienone is 7. The zero-order chi connectivity index (χ0) is 10.3. The smallest absolute Gasteiger partial charge is 0.0241 e. The van der Waals surface area contributed by atoms with Gasteiger partial charge in [0.25, 0.3) is 0 Å². The second-order valence-corrected chi connectivity index (χ2v) is 2.81. The normalized spacial score (nSPS) is 12.6. The molecular weight excluding hydrogens is 158 g/mol. The summed E-state index contributed by atoms with van der Waals surface area (Å²) in [5.74, 6) is 0. The molecule has 2 N–H and O–H groups in total. The highest BCUT2D eigenvalue weighted by Gasteiger charge is 1.89. The van der Waals surface area contributed by atoms with E-state index < -0.39 is 0 Å². The Hall–Kier alpha value is -1.50. The fraction of sp³-hybridized carbons (Fsp3) is 0.167. The van der Waals surface area contributed by atoms with Crippen LogP contribution in [0.2, 0.25) is 0 Å². The molecule has 0 aromatic carbocycles. The van der Waals surface area contributed by atoms with Crippen molar-refractivity contribution in [1.82, 2.24) is 0 Å². The quantitative estimate of drug-likeness (QED) is 0.653. The highest BCUT2D eigenvalue weighted by molar-refractivity contribution is 5.39. The van der Waals surface area contributed by atoms with Gasteiger partial charge in [-0.05, 0) is 31.1 Å². The summed E-state index contributed by atoms with van der Waals surface area (Å²) in [6.45, 7) is 11.4. The minimum absolute atomic E-state index is 0.542. The zero-order valence-electron chi connectivity index (χ0n) is 8.38. The lowest BCUT2D eigenvalue weighted by Crippen LogP contribution is -1.89. The van der Waals surface area contributed by atoms with Gasteiger partial charge in [-0.15, -0.1) is 0 Å². The van der Waals surface area contributed by atoms with Crippen molar-refractivity contribution in [2.45, 2.75) is 13.8 Å². The molecule has 0 amide bonds. The molecule has 0 aliphatic rings. The summed E-state index contributed by atoms with van der Waals surface area (Å²) in [5.41, 5.74) is 8.00. The Labute approximate surface area is 80.6 Å². The molecule has 0 saturated heterocycles. The Balaban J connectivity index is 4.35. The third-order valence-corrected chi connectivity index (χ3v) is 1.54. The van der Waals surface area contributed by atoms with Gasteiger partial charge in [-0.2, -0.15) is 0 Å². The van der Waals surface area contributed by atoms with Gasteiger partial charge >= 0.3 is 0 Å². The van der Waals surface area contributed by atoms with E-state index in [4.69, 9.17) is 5.73 Å². The largest absolute Gasteiger partial charge is 0.399 e. The standard InChI is InChI=1S/C12H17N/c1-5-6-7-10(2)11(3)8-9-12(4)13/h5-9H,3-4,13H2,1-2H3/b6-5-,9-8-,10-7-. The molecule has 0 radical (unpaired) electrons. The molecule has 0 fully saturated rings. The van der Waals surface area contributed by atoms with Crippen LogP contribution in [-0.4, -0.2) is 0 Å². The number of nitrogens with two attached hydrogens (primary N) is 1. The molecule has 0 heterocycles. The minimum Gasteiger partial charge on any atom is -0.399 e. The van der Waals surface area contributed by atoms with Gasteiger partial charge in [0.1, 0.15) is 0 Å². The van der Waals surface area contributed by atoms with E-state index in [9.17, 15) is 0 Å². The van der Waals surface area contributed by atoms with Crippen molar-refractivity contribution in [2.75, 3.05) is 0 Å². The summed E-state index contributed by atoms with van der Waals surface area (Å²) < 4.78 is 0. The van der Waals surface area contributed by atoms with Crippen molar-refractivity contribution in [3.63, 3.8) is 0 Å². The average molecular weight is 175 g/mol. The van der Waals surface area contributed by atoms with E-state index in [2.05, 4.69) is 13.2 Å². The molecule has 13 heavy (non-hydrogen) atoms. The van der Waals surface area contributed by atoms with E-state index in [-0.39, 0.29) is 0 Å². The van der Waals surface area contributed by atoms with Gasteiger partial charge in [-0.3, -0.25) is 0 Å². The van der Waals surface area contributed by atoms with Gasteiger partial charge in [0, 0.05) is 5.70 Å². The number of rotatable bonds is 4. The van der Waals surface area contributed by atoms with Crippen LogP contribution in [0.3, 0.4) is 0 Å². The van der Waals surface area contributed by atoms with Crippen molar-refractivity contribution in [3.05, 3.63) is 60.4 Å². The Kier molecular flexibility index (Phi) is 5.37. The predicted octanol–water partition coefficient (Wildman–Crippen LogP) is 3.09. The maximum absolute atomic E-state index is 5.39. The third-order valence-electron chi connectivity index (χ3n) is 1.54. The first-order valence-corrected chi connectivity index (χ1v) is 4.19.